The van der Waals surface area contributed by atoms with Crippen molar-refractivity contribution in [3.8, 4) is 5.69 Å². The van der Waals surface area contributed by atoms with Crippen molar-refractivity contribution < 1.29 is 9.90 Å². The number of benzene rings is 1. The van der Waals surface area contributed by atoms with Crippen LogP contribution in [0, 0.1) is 6.92 Å². The number of carbonyl (C=O) groups is 1. The van der Waals surface area contributed by atoms with Crippen LogP contribution < -0.4 is 10.4 Å². The molecule has 1 heterocycles. The van der Waals surface area contributed by atoms with Gasteiger partial charge < -0.3 is 15.4 Å². The minimum Gasteiger partial charge on any atom is -0.858 e. The SMILES string of the molecule is CCN=C([O-])c1ccc(-n2nnc(C(=O)NC3CC3)c2C)cc1Cl. The summed E-state index contributed by atoms with van der Waals surface area (Å²) in [5.74, 6) is -0.574. The highest BCUT2D eigenvalue weighted by molar-refractivity contribution is 6.33. The molecule has 2 aromatic rings. The Morgan fingerprint density at radius 1 is 1.50 bits per heavy atom. The third kappa shape index (κ3) is 3.26. The maximum atomic E-state index is 12.1. The number of rotatable bonds is 5. The molecule has 1 fully saturated rings. The summed E-state index contributed by atoms with van der Waals surface area (Å²) in [5.41, 5.74) is 1.87. The van der Waals surface area contributed by atoms with E-state index in [1.807, 2.05) is 0 Å². The smallest absolute Gasteiger partial charge is 0.273 e. The van der Waals surface area contributed by atoms with Crippen molar-refractivity contribution in [2.45, 2.75) is 32.7 Å². The predicted octanol–water partition coefficient (Wildman–Crippen LogP) is 1.25. The second kappa shape index (κ2) is 6.60. The molecule has 0 aliphatic heterocycles. The van der Waals surface area contributed by atoms with E-state index in [9.17, 15) is 9.90 Å². The molecule has 0 atom stereocenters. The Kier molecular flexibility index (Phi) is 4.53. The second-order valence-corrected chi connectivity index (χ2v) is 6.03. The summed E-state index contributed by atoms with van der Waals surface area (Å²) in [6, 6.07) is 5.17. The van der Waals surface area contributed by atoms with E-state index in [4.69, 9.17) is 11.6 Å². The van der Waals surface area contributed by atoms with Gasteiger partial charge in [-0.05, 0) is 44.7 Å². The summed E-state index contributed by atoms with van der Waals surface area (Å²) in [4.78, 5) is 16.0. The maximum Gasteiger partial charge on any atom is 0.273 e. The van der Waals surface area contributed by atoms with E-state index in [1.165, 1.54) is 4.68 Å². The van der Waals surface area contributed by atoms with Crippen LogP contribution in [-0.2, 0) is 0 Å². The third-order valence-electron chi connectivity index (χ3n) is 3.75. The van der Waals surface area contributed by atoms with Gasteiger partial charge in [-0.1, -0.05) is 22.9 Å². The van der Waals surface area contributed by atoms with Gasteiger partial charge in [0, 0.05) is 18.2 Å². The van der Waals surface area contributed by atoms with Gasteiger partial charge in [-0.2, -0.15) is 0 Å². The Morgan fingerprint density at radius 2 is 2.25 bits per heavy atom. The van der Waals surface area contributed by atoms with E-state index in [-0.39, 0.29) is 22.9 Å². The molecule has 8 heteroatoms. The molecular formula is C16H17ClN5O2-. The largest absolute Gasteiger partial charge is 0.858 e. The Bertz CT molecular complexity index is 811. The molecule has 7 nitrogen and oxygen atoms in total. The number of nitrogens with one attached hydrogen (secondary N) is 1. The van der Waals surface area contributed by atoms with Crippen molar-refractivity contribution in [3.05, 3.63) is 40.2 Å². The van der Waals surface area contributed by atoms with Gasteiger partial charge in [0.1, 0.15) is 0 Å². The number of nitrogens with zero attached hydrogens (tertiary/aromatic N) is 4. The molecule has 0 spiro atoms. The van der Waals surface area contributed by atoms with Crippen molar-refractivity contribution in [3.63, 3.8) is 0 Å². The van der Waals surface area contributed by atoms with Crippen molar-refractivity contribution in [1.82, 2.24) is 20.3 Å². The molecule has 1 aliphatic carbocycles. The van der Waals surface area contributed by atoms with E-state index >= 15 is 0 Å². The summed E-state index contributed by atoms with van der Waals surface area (Å²) < 4.78 is 1.53. The molecular weight excluding hydrogens is 330 g/mol. The minimum atomic E-state index is -0.353. The third-order valence-corrected chi connectivity index (χ3v) is 4.06. The van der Waals surface area contributed by atoms with Crippen LogP contribution in [0.5, 0.6) is 0 Å². The van der Waals surface area contributed by atoms with Crippen LogP contribution in [0.1, 0.15) is 41.5 Å². The number of aliphatic imine (C=N–C) groups is 1. The lowest BCUT2D eigenvalue weighted by molar-refractivity contribution is -0.213. The van der Waals surface area contributed by atoms with Crippen molar-refractivity contribution in [1.29, 1.82) is 0 Å². The molecule has 126 valence electrons. The van der Waals surface area contributed by atoms with Crippen LogP contribution in [0.15, 0.2) is 23.2 Å². The monoisotopic (exact) mass is 346 g/mol. The van der Waals surface area contributed by atoms with Crippen LogP contribution in [0.3, 0.4) is 0 Å². The summed E-state index contributed by atoms with van der Waals surface area (Å²) in [6.07, 6.45) is 2.01. The topological polar surface area (TPSA) is 95.2 Å². The molecule has 1 saturated carbocycles. The number of halogens is 1. The van der Waals surface area contributed by atoms with E-state index in [0.717, 1.165) is 12.8 Å². The zero-order valence-corrected chi connectivity index (χ0v) is 14.2. The number of hydrogen-bond acceptors (Lipinski definition) is 5. The summed E-state index contributed by atoms with van der Waals surface area (Å²) in [7, 11) is 0. The second-order valence-electron chi connectivity index (χ2n) is 5.63. The fourth-order valence-corrected chi connectivity index (χ4v) is 2.56. The van der Waals surface area contributed by atoms with E-state index in [0.29, 0.717) is 29.2 Å². The molecule has 24 heavy (non-hydrogen) atoms. The molecule has 1 amide bonds. The first-order valence-electron chi connectivity index (χ1n) is 7.76. The summed E-state index contributed by atoms with van der Waals surface area (Å²) in [6.45, 7) is 3.95. The number of hydrogen-bond donors (Lipinski definition) is 1. The molecule has 1 N–H and O–H groups in total. The van der Waals surface area contributed by atoms with Crippen LogP contribution >= 0.6 is 11.6 Å². The summed E-state index contributed by atoms with van der Waals surface area (Å²) >= 11 is 6.19. The van der Waals surface area contributed by atoms with Gasteiger partial charge in [0.25, 0.3) is 5.91 Å². The number of carbonyl (C=O) groups excluding carboxylic acids is 1. The first-order valence-corrected chi connectivity index (χ1v) is 8.14. The van der Waals surface area contributed by atoms with Crippen LogP contribution in [0.2, 0.25) is 5.02 Å². The highest BCUT2D eigenvalue weighted by Crippen LogP contribution is 2.22. The number of amides is 1. The summed E-state index contributed by atoms with van der Waals surface area (Å²) in [5, 5.41) is 23.0. The fraction of sp³-hybridized carbons (Fsp3) is 0.375. The van der Waals surface area contributed by atoms with Gasteiger partial charge in [-0.15, -0.1) is 5.10 Å². The highest BCUT2D eigenvalue weighted by Gasteiger charge is 2.26. The fourth-order valence-electron chi connectivity index (χ4n) is 2.30. The van der Waals surface area contributed by atoms with Crippen LogP contribution in [0.25, 0.3) is 5.69 Å². The highest BCUT2D eigenvalue weighted by atomic mass is 35.5. The Balaban J connectivity index is 1.89. The predicted molar refractivity (Wildman–Crippen MR) is 88.7 cm³/mol. The standard InChI is InChI=1S/C16H18ClN5O2/c1-3-18-15(23)12-7-6-11(8-13(12)17)22-9(2)14(20-21-22)16(24)19-10-4-5-10/h6-8,10H,3-5H2,1-2H3,(H,18,23)(H,19,24)/p-1. The van der Waals surface area contributed by atoms with Crippen molar-refractivity contribution in [2.24, 2.45) is 4.99 Å². The molecule has 0 unspecified atom stereocenters. The number of aromatic nitrogens is 3. The van der Waals surface area contributed by atoms with Crippen LogP contribution in [-0.4, -0.2) is 39.4 Å². The quantitative estimate of drug-likeness (QED) is 0.651. The lowest BCUT2D eigenvalue weighted by Crippen LogP contribution is -2.26. The zero-order chi connectivity index (χ0) is 17.3. The normalized spacial score (nSPS) is 14.7. The first kappa shape index (κ1) is 16.4. The van der Waals surface area contributed by atoms with E-state index in [2.05, 4.69) is 20.6 Å². The minimum absolute atomic E-state index is 0.221. The van der Waals surface area contributed by atoms with Crippen LogP contribution in [0.4, 0.5) is 0 Å². The van der Waals surface area contributed by atoms with E-state index < -0.39 is 0 Å². The Labute approximate surface area is 144 Å². The maximum absolute atomic E-state index is 12.1. The Morgan fingerprint density at radius 3 is 2.88 bits per heavy atom. The van der Waals surface area contributed by atoms with Gasteiger partial charge in [0.2, 0.25) is 0 Å². The lowest BCUT2D eigenvalue weighted by Gasteiger charge is -2.13. The van der Waals surface area contributed by atoms with E-state index in [1.54, 1.807) is 32.0 Å². The molecule has 0 saturated heterocycles. The first-order chi connectivity index (χ1) is 11.5. The van der Waals surface area contributed by atoms with Gasteiger partial charge in [0.05, 0.1) is 16.4 Å². The average Bonchev–Trinajstić information content (AvgIpc) is 3.27. The van der Waals surface area contributed by atoms with Crippen molar-refractivity contribution >= 4 is 23.4 Å². The average molecular weight is 347 g/mol. The zero-order valence-electron chi connectivity index (χ0n) is 13.4. The van der Waals surface area contributed by atoms with Gasteiger partial charge in [-0.3, -0.25) is 4.79 Å². The van der Waals surface area contributed by atoms with Gasteiger partial charge in [-0.25, -0.2) is 4.68 Å². The van der Waals surface area contributed by atoms with Gasteiger partial charge >= 0.3 is 0 Å². The molecule has 1 aromatic heterocycles. The molecule has 1 aromatic carbocycles. The molecule has 0 radical (unpaired) electrons. The van der Waals surface area contributed by atoms with Crippen molar-refractivity contribution in [2.75, 3.05) is 6.54 Å². The lowest BCUT2D eigenvalue weighted by atomic mass is 10.2. The molecule has 0 bridgehead atoms. The van der Waals surface area contributed by atoms with Gasteiger partial charge in [0.15, 0.2) is 5.69 Å². The molecule has 3 rings (SSSR count). The Hall–Kier alpha value is -2.41. The molecule has 1 aliphatic rings.